The van der Waals surface area contributed by atoms with Crippen LogP contribution in [-0.4, -0.2) is 26.1 Å². The number of alkyl halides is 3. The Bertz CT molecular complexity index is 666. The molecule has 0 radical (unpaired) electrons. The second kappa shape index (κ2) is 8.34. The van der Waals surface area contributed by atoms with E-state index in [1.807, 2.05) is 6.07 Å². The molecule has 3 rings (SSSR count). The molecule has 0 N–H and O–H groups in total. The number of halogens is 3. The van der Waals surface area contributed by atoms with Crippen LogP contribution in [0.2, 0.25) is 0 Å². The van der Waals surface area contributed by atoms with Gasteiger partial charge in [0.15, 0.2) is 0 Å². The molecule has 6 heteroatoms. The first kappa shape index (κ1) is 18.4. The van der Waals surface area contributed by atoms with Crippen LogP contribution in [0.1, 0.15) is 19.3 Å². The number of nitrogens with zero attached hydrogens (tertiary/aromatic N) is 1. The topological polar surface area (TPSA) is 21.7 Å². The van der Waals surface area contributed by atoms with Gasteiger partial charge in [-0.15, -0.1) is 13.2 Å². The third-order valence-corrected chi connectivity index (χ3v) is 4.59. The predicted molar refractivity (Wildman–Crippen MR) is 94.6 cm³/mol. The molecule has 0 spiro atoms. The van der Waals surface area contributed by atoms with Gasteiger partial charge in [-0.25, -0.2) is 0 Å². The second-order valence-electron chi connectivity index (χ2n) is 6.42. The summed E-state index contributed by atoms with van der Waals surface area (Å²) >= 11 is 0. The van der Waals surface area contributed by atoms with Crippen molar-refractivity contribution in [3.05, 3.63) is 54.6 Å². The third kappa shape index (κ3) is 5.58. The highest BCUT2D eigenvalue weighted by atomic mass is 19.4. The Balaban J connectivity index is 1.38. The van der Waals surface area contributed by atoms with Crippen molar-refractivity contribution in [3.8, 4) is 11.5 Å². The Hall–Kier alpha value is -2.37. The van der Waals surface area contributed by atoms with E-state index in [0.717, 1.165) is 32.4 Å². The van der Waals surface area contributed by atoms with E-state index in [-0.39, 0.29) is 5.75 Å². The molecule has 1 saturated heterocycles. The molecule has 0 bridgehead atoms. The van der Waals surface area contributed by atoms with Gasteiger partial charge in [-0.1, -0.05) is 18.2 Å². The number of rotatable bonds is 6. The van der Waals surface area contributed by atoms with Crippen molar-refractivity contribution < 1.29 is 22.6 Å². The van der Waals surface area contributed by atoms with Crippen molar-refractivity contribution in [2.75, 3.05) is 24.6 Å². The molecule has 0 unspecified atom stereocenters. The fraction of sp³-hybridized carbons (Fsp3) is 0.400. The highest BCUT2D eigenvalue weighted by Crippen LogP contribution is 2.27. The minimum Gasteiger partial charge on any atom is -0.494 e. The normalized spacial score (nSPS) is 15.7. The van der Waals surface area contributed by atoms with E-state index < -0.39 is 6.36 Å². The summed E-state index contributed by atoms with van der Waals surface area (Å²) in [6, 6.07) is 15.9. The van der Waals surface area contributed by atoms with Crippen LogP contribution in [0.15, 0.2) is 54.6 Å². The molecule has 3 nitrogen and oxygen atoms in total. The average molecular weight is 365 g/mol. The van der Waals surface area contributed by atoms with Crippen LogP contribution in [-0.2, 0) is 0 Å². The molecule has 0 aliphatic carbocycles. The number of piperidine rings is 1. The molecule has 1 heterocycles. The minimum absolute atomic E-state index is 0.238. The molecule has 26 heavy (non-hydrogen) atoms. The summed E-state index contributed by atoms with van der Waals surface area (Å²) in [5, 5.41) is 0. The molecular formula is C20H22F3NO2. The largest absolute Gasteiger partial charge is 0.573 e. The van der Waals surface area contributed by atoms with E-state index >= 15 is 0 Å². The first-order valence-corrected chi connectivity index (χ1v) is 8.78. The van der Waals surface area contributed by atoms with Crippen molar-refractivity contribution >= 4 is 5.69 Å². The Morgan fingerprint density at radius 1 is 0.885 bits per heavy atom. The van der Waals surface area contributed by atoms with Crippen LogP contribution in [0.25, 0.3) is 0 Å². The number of anilines is 1. The molecule has 0 amide bonds. The Morgan fingerprint density at radius 3 is 2.12 bits per heavy atom. The fourth-order valence-corrected chi connectivity index (χ4v) is 3.20. The summed E-state index contributed by atoms with van der Waals surface area (Å²) in [6.07, 6.45) is -1.48. The first-order chi connectivity index (χ1) is 12.5. The zero-order valence-corrected chi connectivity index (χ0v) is 14.4. The Morgan fingerprint density at radius 2 is 1.50 bits per heavy atom. The third-order valence-electron chi connectivity index (χ3n) is 4.59. The number of hydrogen-bond donors (Lipinski definition) is 0. The molecule has 0 aromatic heterocycles. The van der Waals surface area contributed by atoms with Crippen molar-refractivity contribution in [1.29, 1.82) is 0 Å². The van der Waals surface area contributed by atoms with Crippen LogP contribution in [0.5, 0.6) is 11.5 Å². The van der Waals surface area contributed by atoms with Gasteiger partial charge in [-0.2, -0.15) is 0 Å². The van der Waals surface area contributed by atoms with Crippen LogP contribution >= 0.6 is 0 Å². The second-order valence-corrected chi connectivity index (χ2v) is 6.42. The molecule has 0 atom stereocenters. The monoisotopic (exact) mass is 365 g/mol. The maximum Gasteiger partial charge on any atom is 0.573 e. The van der Waals surface area contributed by atoms with Crippen molar-refractivity contribution in [2.45, 2.75) is 25.6 Å². The SMILES string of the molecule is FC(F)(F)Oc1ccc(OCCC2CCN(c3ccccc3)CC2)cc1. The molecule has 1 fully saturated rings. The van der Waals surface area contributed by atoms with Crippen molar-refractivity contribution in [1.82, 2.24) is 0 Å². The van der Waals surface area contributed by atoms with E-state index in [4.69, 9.17) is 4.74 Å². The van der Waals surface area contributed by atoms with Gasteiger partial charge in [0.1, 0.15) is 11.5 Å². The van der Waals surface area contributed by atoms with E-state index in [2.05, 4.69) is 33.9 Å². The molecular weight excluding hydrogens is 343 g/mol. The lowest BCUT2D eigenvalue weighted by molar-refractivity contribution is -0.274. The van der Waals surface area contributed by atoms with Gasteiger partial charge in [-0.3, -0.25) is 0 Å². The summed E-state index contributed by atoms with van der Waals surface area (Å²) in [7, 11) is 0. The summed E-state index contributed by atoms with van der Waals surface area (Å²) in [5.41, 5.74) is 1.27. The van der Waals surface area contributed by atoms with Gasteiger partial charge >= 0.3 is 6.36 Å². The first-order valence-electron chi connectivity index (χ1n) is 8.78. The fourth-order valence-electron chi connectivity index (χ4n) is 3.20. The smallest absolute Gasteiger partial charge is 0.494 e. The molecule has 0 saturated carbocycles. The van der Waals surface area contributed by atoms with Gasteiger partial charge in [0.2, 0.25) is 0 Å². The lowest BCUT2D eigenvalue weighted by Gasteiger charge is -2.33. The molecule has 2 aromatic carbocycles. The number of hydrogen-bond acceptors (Lipinski definition) is 3. The summed E-state index contributed by atoms with van der Waals surface area (Å²) in [5.74, 6) is 0.933. The molecule has 140 valence electrons. The lowest BCUT2D eigenvalue weighted by atomic mass is 9.93. The van der Waals surface area contributed by atoms with Crippen LogP contribution in [0, 0.1) is 5.92 Å². The molecule has 1 aliphatic heterocycles. The van der Waals surface area contributed by atoms with E-state index in [1.165, 1.54) is 30.0 Å². The highest BCUT2D eigenvalue weighted by Gasteiger charge is 2.31. The van der Waals surface area contributed by atoms with Crippen LogP contribution < -0.4 is 14.4 Å². The number of benzene rings is 2. The molecule has 1 aliphatic rings. The van der Waals surface area contributed by atoms with Crippen LogP contribution in [0.4, 0.5) is 18.9 Å². The standard InChI is InChI=1S/C20H22F3NO2/c21-20(22,23)26-19-8-6-18(7-9-19)25-15-12-16-10-13-24(14-11-16)17-4-2-1-3-5-17/h1-9,16H,10-15H2. The van der Waals surface area contributed by atoms with E-state index in [9.17, 15) is 13.2 Å². The average Bonchev–Trinajstić information content (AvgIpc) is 2.63. The predicted octanol–water partition coefficient (Wildman–Crippen LogP) is 5.27. The van der Waals surface area contributed by atoms with Gasteiger partial charge in [0.25, 0.3) is 0 Å². The van der Waals surface area contributed by atoms with Gasteiger partial charge in [-0.05, 0) is 61.6 Å². The van der Waals surface area contributed by atoms with Crippen molar-refractivity contribution in [2.24, 2.45) is 5.92 Å². The highest BCUT2D eigenvalue weighted by molar-refractivity contribution is 5.46. The minimum atomic E-state index is -4.67. The Labute approximate surface area is 151 Å². The van der Waals surface area contributed by atoms with E-state index in [0.29, 0.717) is 18.3 Å². The molecule has 2 aromatic rings. The van der Waals surface area contributed by atoms with Gasteiger partial charge < -0.3 is 14.4 Å². The van der Waals surface area contributed by atoms with Gasteiger partial charge in [0.05, 0.1) is 6.61 Å². The number of para-hydroxylation sites is 1. The summed E-state index contributed by atoms with van der Waals surface area (Å²) in [4.78, 5) is 2.40. The van der Waals surface area contributed by atoms with E-state index in [1.54, 1.807) is 0 Å². The van der Waals surface area contributed by atoms with Gasteiger partial charge in [0, 0.05) is 18.8 Å². The number of ether oxygens (including phenoxy) is 2. The lowest BCUT2D eigenvalue weighted by Crippen LogP contribution is -2.34. The maximum absolute atomic E-state index is 12.1. The van der Waals surface area contributed by atoms with Crippen LogP contribution in [0.3, 0.4) is 0 Å². The summed E-state index contributed by atoms with van der Waals surface area (Å²) in [6.45, 7) is 2.64. The van der Waals surface area contributed by atoms with Crippen molar-refractivity contribution in [3.63, 3.8) is 0 Å². The summed E-state index contributed by atoms with van der Waals surface area (Å²) < 4.78 is 45.9. The quantitative estimate of drug-likeness (QED) is 0.696. The zero-order chi connectivity index (χ0) is 18.4. The maximum atomic E-state index is 12.1. The zero-order valence-electron chi connectivity index (χ0n) is 14.4. The Kier molecular flexibility index (Phi) is 5.91.